The van der Waals surface area contributed by atoms with Gasteiger partial charge in [-0.15, -0.1) is 0 Å². The van der Waals surface area contributed by atoms with Gasteiger partial charge in [0.1, 0.15) is 5.25 Å². The van der Waals surface area contributed by atoms with Crippen molar-refractivity contribution in [3.05, 3.63) is 46.9 Å². The van der Waals surface area contributed by atoms with Crippen molar-refractivity contribution in [1.29, 1.82) is 0 Å². The first-order valence-corrected chi connectivity index (χ1v) is 10.7. The summed E-state index contributed by atoms with van der Waals surface area (Å²) in [5, 5.41) is 2.81. The number of carbonyl (C=O) groups is 2. The third kappa shape index (κ3) is 4.40. The van der Waals surface area contributed by atoms with Crippen LogP contribution in [0.5, 0.6) is 11.5 Å². The lowest BCUT2D eigenvalue weighted by atomic mass is 10.2. The molecule has 1 atom stereocenters. The maximum atomic E-state index is 12.7. The quantitative estimate of drug-likeness (QED) is 0.717. The van der Waals surface area contributed by atoms with Gasteiger partial charge >= 0.3 is 0 Å². The smallest absolute Gasteiger partial charge is 0.238 e. The van der Waals surface area contributed by atoms with Gasteiger partial charge in [-0.05, 0) is 43.3 Å². The number of anilines is 1. The Morgan fingerprint density at radius 1 is 1.24 bits per heavy atom. The van der Waals surface area contributed by atoms with E-state index in [1.54, 1.807) is 35.2 Å². The summed E-state index contributed by atoms with van der Waals surface area (Å²) in [6.45, 7) is 2.55. The first-order chi connectivity index (χ1) is 14.0. The predicted molar refractivity (Wildman–Crippen MR) is 116 cm³/mol. The highest BCUT2D eigenvalue weighted by Crippen LogP contribution is 2.36. The largest absolute Gasteiger partial charge is 0.454 e. The number of amidine groups is 1. The van der Waals surface area contributed by atoms with Crippen molar-refractivity contribution < 1.29 is 19.1 Å². The molecule has 0 aromatic heterocycles. The monoisotopic (exact) mass is 475 g/mol. The van der Waals surface area contributed by atoms with Crippen LogP contribution in [0.25, 0.3) is 0 Å². The lowest BCUT2D eigenvalue weighted by Crippen LogP contribution is -2.45. The molecule has 1 N–H and O–H groups in total. The molecular weight excluding hydrogens is 458 g/mol. The summed E-state index contributed by atoms with van der Waals surface area (Å²) >= 11 is 4.66. The van der Waals surface area contributed by atoms with Crippen LogP contribution in [0.3, 0.4) is 0 Å². The minimum absolute atomic E-state index is 0.123. The minimum atomic E-state index is -0.554. The third-order valence-corrected chi connectivity index (χ3v) is 6.16. The fourth-order valence-corrected chi connectivity index (χ4v) is 4.40. The number of ether oxygens (including phenoxy) is 2. The van der Waals surface area contributed by atoms with Crippen molar-refractivity contribution in [2.45, 2.75) is 18.6 Å². The Morgan fingerprint density at radius 2 is 2.00 bits per heavy atom. The standard InChI is InChI=1S/C20H18BrN3O4S/c1-2-24-18(25)10-17(19(26)22-13-5-3-12(21)4-6-13)29-20(24)23-14-7-8-15-16(9-14)28-11-27-15/h3-9,17H,2,10-11H2,1H3,(H,22,26). The fraction of sp³-hybridized carbons (Fsp3) is 0.250. The van der Waals surface area contributed by atoms with E-state index in [9.17, 15) is 9.59 Å². The molecule has 1 fully saturated rings. The SMILES string of the molecule is CCN1C(=O)CC(C(=O)Nc2ccc(Br)cc2)SC1=Nc1ccc2c(c1)OCO2. The number of amides is 2. The number of fused-ring (bicyclic) bond motifs is 1. The molecule has 0 spiro atoms. The van der Waals surface area contributed by atoms with Crippen LogP contribution in [0.2, 0.25) is 0 Å². The van der Waals surface area contributed by atoms with Crippen molar-refractivity contribution in [2.24, 2.45) is 4.99 Å². The van der Waals surface area contributed by atoms with Crippen LogP contribution in [0.15, 0.2) is 51.9 Å². The molecule has 2 amide bonds. The first kappa shape index (κ1) is 19.8. The maximum Gasteiger partial charge on any atom is 0.238 e. The number of benzene rings is 2. The van der Waals surface area contributed by atoms with E-state index in [0.29, 0.717) is 34.6 Å². The molecule has 2 aliphatic rings. The van der Waals surface area contributed by atoms with Crippen molar-refractivity contribution >= 4 is 56.0 Å². The average molecular weight is 476 g/mol. The van der Waals surface area contributed by atoms with Gasteiger partial charge in [0.15, 0.2) is 16.7 Å². The number of nitrogens with zero attached hydrogens (tertiary/aromatic N) is 2. The molecule has 4 rings (SSSR count). The summed E-state index contributed by atoms with van der Waals surface area (Å²) < 4.78 is 11.6. The zero-order valence-corrected chi connectivity index (χ0v) is 18.0. The van der Waals surface area contributed by atoms with Gasteiger partial charge in [-0.25, -0.2) is 4.99 Å². The molecule has 9 heteroatoms. The van der Waals surface area contributed by atoms with Gasteiger partial charge in [-0.1, -0.05) is 27.7 Å². The van der Waals surface area contributed by atoms with Crippen LogP contribution in [0.4, 0.5) is 11.4 Å². The van der Waals surface area contributed by atoms with Crippen molar-refractivity contribution in [1.82, 2.24) is 4.90 Å². The van der Waals surface area contributed by atoms with Crippen LogP contribution >= 0.6 is 27.7 Å². The van der Waals surface area contributed by atoms with Gasteiger partial charge in [0.05, 0.1) is 5.69 Å². The van der Waals surface area contributed by atoms with Crippen molar-refractivity contribution in [3.63, 3.8) is 0 Å². The number of nitrogens with one attached hydrogen (secondary N) is 1. The van der Waals surface area contributed by atoms with Crippen molar-refractivity contribution in [2.75, 3.05) is 18.7 Å². The second-order valence-corrected chi connectivity index (χ2v) is 8.46. The van der Waals surface area contributed by atoms with E-state index in [4.69, 9.17) is 9.47 Å². The summed E-state index contributed by atoms with van der Waals surface area (Å²) in [6, 6.07) is 12.6. The molecule has 7 nitrogen and oxygen atoms in total. The first-order valence-electron chi connectivity index (χ1n) is 9.05. The van der Waals surface area contributed by atoms with Crippen LogP contribution in [0.1, 0.15) is 13.3 Å². The van der Waals surface area contributed by atoms with E-state index in [-0.39, 0.29) is 25.0 Å². The summed E-state index contributed by atoms with van der Waals surface area (Å²) in [6.07, 6.45) is 0.126. The van der Waals surface area contributed by atoms with Crippen LogP contribution in [-0.2, 0) is 9.59 Å². The van der Waals surface area contributed by atoms with Gasteiger partial charge in [0, 0.05) is 29.2 Å². The molecule has 2 heterocycles. The summed E-state index contributed by atoms with van der Waals surface area (Å²) in [5.74, 6) is 0.938. The van der Waals surface area contributed by atoms with E-state index < -0.39 is 5.25 Å². The summed E-state index contributed by atoms with van der Waals surface area (Å²) in [5.41, 5.74) is 1.32. The molecule has 29 heavy (non-hydrogen) atoms. The van der Waals surface area contributed by atoms with Crippen LogP contribution in [0, 0.1) is 0 Å². The molecule has 0 saturated carbocycles. The molecule has 0 aliphatic carbocycles. The highest BCUT2D eigenvalue weighted by atomic mass is 79.9. The molecule has 0 bridgehead atoms. The lowest BCUT2D eigenvalue weighted by Gasteiger charge is -2.30. The Kier molecular flexibility index (Phi) is 5.77. The minimum Gasteiger partial charge on any atom is -0.454 e. The zero-order chi connectivity index (χ0) is 20.4. The molecule has 2 aromatic rings. The van der Waals surface area contributed by atoms with E-state index in [1.807, 2.05) is 19.1 Å². The molecular formula is C20H18BrN3O4S. The highest BCUT2D eigenvalue weighted by molar-refractivity contribution is 9.10. The Bertz CT molecular complexity index is 980. The fourth-order valence-electron chi connectivity index (χ4n) is 2.97. The number of rotatable bonds is 4. The summed E-state index contributed by atoms with van der Waals surface area (Å²) in [7, 11) is 0. The van der Waals surface area contributed by atoms with E-state index in [0.717, 1.165) is 4.47 Å². The molecule has 2 aliphatic heterocycles. The van der Waals surface area contributed by atoms with Gasteiger partial charge in [-0.3, -0.25) is 14.5 Å². The number of hydrogen-bond acceptors (Lipinski definition) is 6. The number of hydrogen-bond donors (Lipinski definition) is 1. The molecule has 1 unspecified atom stereocenters. The topological polar surface area (TPSA) is 80.2 Å². The van der Waals surface area contributed by atoms with Gasteiger partial charge in [0.2, 0.25) is 18.6 Å². The Labute approximate surface area is 180 Å². The van der Waals surface area contributed by atoms with E-state index in [1.165, 1.54) is 11.8 Å². The van der Waals surface area contributed by atoms with Gasteiger partial charge in [0.25, 0.3) is 0 Å². The Hall–Kier alpha value is -2.52. The van der Waals surface area contributed by atoms with E-state index in [2.05, 4.69) is 26.2 Å². The van der Waals surface area contributed by atoms with Gasteiger partial charge < -0.3 is 14.8 Å². The number of aliphatic imine (C=N–C) groups is 1. The second kappa shape index (κ2) is 8.46. The summed E-state index contributed by atoms with van der Waals surface area (Å²) in [4.78, 5) is 31.6. The highest BCUT2D eigenvalue weighted by Gasteiger charge is 2.35. The Morgan fingerprint density at radius 3 is 2.76 bits per heavy atom. The predicted octanol–water partition coefficient (Wildman–Crippen LogP) is 4.16. The Balaban J connectivity index is 1.55. The number of halogens is 1. The van der Waals surface area contributed by atoms with Crippen LogP contribution in [-0.4, -0.2) is 40.5 Å². The van der Waals surface area contributed by atoms with Crippen LogP contribution < -0.4 is 14.8 Å². The average Bonchev–Trinajstić information content (AvgIpc) is 3.17. The zero-order valence-electron chi connectivity index (χ0n) is 15.6. The molecule has 2 aromatic carbocycles. The normalized spacial score (nSPS) is 19.5. The molecule has 1 saturated heterocycles. The number of thioether (sulfide) groups is 1. The maximum absolute atomic E-state index is 12.7. The molecule has 0 radical (unpaired) electrons. The third-order valence-electron chi connectivity index (χ3n) is 4.44. The van der Waals surface area contributed by atoms with E-state index >= 15 is 0 Å². The second-order valence-electron chi connectivity index (χ2n) is 6.38. The van der Waals surface area contributed by atoms with Gasteiger partial charge in [-0.2, -0.15) is 0 Å². The van der Waals surface area contributed by atoms with Crippen molar-refractivity contribution in [3.8, 4) is 11.5 Å². The number of carbonyl (C=O) groups excluding carboxylic acids is 2. The lowest BCUT2D eigenvalue weighted by molar-refractivity contribution is -0.129. The molecule has 150 valence electrons.